The Kier molecular flexibility index (Phi) is 4.16. The van der Waals surface area contributed by atoms with Crippen LogP contribution in [0.5, 0.6) is 0 Å². The normalized spacial score (nSPS) is 34.5. The Hall–Kier alpha value is -0.120. The van der Waals surface area contributed by atoms with E-state index in [1.807, 2.05) is 0 Å². The third-order valence-electron chi connectivity index (χ3n) is 2.88. The highest BCUT2D eigenvalue weighted by Gasteiger charge is 2.34. The smallest absolute Gasteiger partial charge is 0.126 e. The highest BCUT2D eigenvalue weighted by molar-refractivity contribution is 6.07. The fourth-order valence-electron chi connectivity index (χ4n) is 1.85. The maximum Gasteiger partial charge on any atom is 0.126 e. The Bertz CT molecular complexity index is 159. The summed E-state index contributed by atoms with van der Waals surface area (Å²) in [4.78, 5) is 10.9. The van der Waals surface area contributed by atoms with E-state index in [9.17, 15) is 9.90 Å². The number of halogens is 1. The van der Waals surface area contributed by atoms with Gasteiger partial charge in [-0.2, -0.15) is 0 Å². The number of aliphatic hydroxyl groups is 1. The molecule has 4 heteroatoms. The van der Waals surface area contributed by atoms with Crippen molar-refractivity contribution in [2.24, 2.45) is 5.41 Å². The average Bonchev–Trinajstić information content (AvgIpc) is 2.18. The molecule has 0 aromatic heterocycles. The molecule has 1 saturated carbocycles. The predicted molar refractivity (Wildman–Crippen MR) is 49.4 cm³/mol. The van der Waals surface area contributed by atoms with Gasteiger partial charge in [-0.25, -0.2) is 0 Å². The van der Waals surface area contributed by atoms with Gasteiger partial charge in [0.1, 0.15) is 6.29 Å². The van der Waals surface area contributed by atoms with Crippen LogP contribution in [0.3, 0.4) is 0 Å². The van der Waals surface area contributed by atoms with Crippen LogP contribution >= 0.6 is 11.9 Å². The molecule has 0 aromatic carbocycles. The van der Waals surface area contributed by atoms with Gasteiger partial charge in [-0.3, -0.25) is 4.29 Å². The molecule has 1 rings (SSSR count). The minimum Gasteiger partial charge on any atom is -0.393 e. The van der Waals surface area contributed by atoms with Crippen molar-refractivity contribution in [3.05, 3.63) is 0 Å². The zero-order valence-corrected chi connectivity index (χ0v) is 8.29. The van der Waals surface area contributed by atoms with Crippen molar-refractivity contribution in [2.75, 3.05) is 6.61 Å². The van der Waals surface area contributed by atoms with Gasteiger partial charge in [-0.1, -0.05) is 0 Å². The van der Waals surface area contributed by atoms with E-state index in [0.29, 0.717) is 25.9 Å². The summed E-state index contributed by atoms with van der Waals surface area (Å²) in [7, 11) is 0. The van der Waals surface area contributed by atoms with E-state index in [1.165, 1.54) is 0 Å². The fourth-order valence-corrected chi connectivity index (χ4v) is 1.92. The molecule has 0 spiro atoms. The lowest BCUT2D eigenvalue weighted by atomic mass is 9.72. The van der Waals surface area contributed by atoms with E-state index in [4.69, 9.17) is 11.9 Å². The van der Waals surface area contributed by atoms with Crippen LogP contribution in [0, 0.1) is 5.41 Å². The van der Waals surface area contributed by atoms with Gasteiger partial charge in [-0.15, -0.1) is 0 Å². The molecule has 0 aromatic rings. The molecule has 0 atom stereocenters. The summed E-state index contributed by atoms with van der Waals surface area (Å²) in [5.74, 6) is 0. The first-order chi connectivity index (χ1) is 6.22. The SMILES string of the molecule is O=CC1(CCOCl)CCC(O)CC1. The van der Waals surface area contributed by atoms with E-state index in [1.54, 1.807) is 0 Å². The maximum absolute atomic E-state index is 10.9. The van der Waals surface area contributed by atoms with E-state index in [2.05, 4.69) is 4.29 Å². The summed E-state index contributed by atoms with van der Waals surface area (Å²) < 4.78 is 4.45. The van der Waals surface area contributed by atoms with Crippen LogP contribution < -0.4 is 0 Å². The quantitative estimate of drug-likeness (QED) is 0.712. The van der Waals surface area contributed by atoms with Crippen LogP contribution in [0.1, 0.15) is 32.1 Å². The maximum atomic E-state index is 10.9. The monoisotopic (exact) mass is 206 g/mol. The van der Waals surface area contributed by atoms with Crippen LogP contribution in [0.25, 0.3) is 0 Å². The molecular weight excluding hydrogens is 192 g/mol. The average molecular weight is 207 g/mol. The molecule has 76 valence electrons. The summed E-state index contributed by atoms with van der Waals surface area (Å²) in [6.07, 6.45) is 4.34. The summed E-state index contributed by atoms with van der Waals surface area (Å²) >= 11 is 5.10. The van der Waals surface area contributed by atoms with Crippen molar-refractivity contribution in [3.8, 4) is 0 Å². The lowest BCUT2D eigenvalue weighted by molar-refractivity contribution is -0.119. The van der Waals surface area contributed by atoms with E-state index in [-0.39, 0.29) is 11.5 Å². The molecular formula is C9H15ClO3. The second kappa shape index (κ2) is 4.94. The number of hydrogen-bond donors (Lipinski definition) is 1. The number of carbonyl (C=O) groups is 1. The Morgan fingerprint density at radius 1 is 1.54 bits per heavy atom. The van der Waals surface area contributed by atoms with Crippen molar-refractivity contribution < 1.29 is 14.2 Å². The van der Waals surface area contributed by atoms with Gasteiger partial charge in [-0.05, 0) is 32.1 Å². The second-order valence-corrected chi connectivity index (χ2v) is 3.99. The zero-order chi connectivity index (χ0) is 9.73. The van der Waals surface area contributed by atoms with Crippen molar-refractivity contribution in [1.82, 2.24) is 0 Å². The summed E-state index contributed by atoms with van der Waals surface area (Å²) in [5.41, 5.74) is -0.297. The first kappa shape index (κ1) is 11.0. The molecule has 0 saturated heterocycles. The molecule has 1 fully saturated rings. The lowest BCUT2D eigenvalue weighted by Gasteiger charge is -2.33. The van der Waals surface area contributed by atoms with Crippen LogP contribution in [-0.4, -0.2) is 24.1 Å². The summed E-state index contributed by atoms with van der Waals surface area (Å²) in [6, 6.07) is 0. The summed E-state index contributed by atoms with van der Waals surface area (Å²) in [6.45, 7) is 0.399. The number of carbonyl (C=O) groups excluding carboxylic acids is 1. The minimum atomic E-state index is -0.297. The van der Waals surface area contributed by atoms with Crippen molar-refractivity contribution in [3.63, 3.8) is 0 Å². The van der Waals surface area contributed by atoms with E-state index in [0.717, 1.165) is 19.1 Å². The Balaban J connectivity index is 2.45. The topological polar surface area (TPSA) is 46.5 Å². The molecule has 0 bridgehead atoms. The number of rotatable bonds is 4. The predicted octanol–water partition coefficient (Wildman–Crippen LogP) is 1.67. The zero-order valence-electron chi connectivity index (χ0n) is 7.54. The molecule has 13 heavy (non-hydrogen) atoms. The van der Waals surface area contributed by atoms with Gasteiger partial charge in [0.2, 0.25) is 0 Å². The van der Waals surface area contributed by atoms with Gasteiger partial charge in [0.05, 0.1) is 24.6 Å². The molecule has 1 aliphatic carbocycles. The van der Waals surface area contributed by atoms with E-state index >= 15 is 0 Å². The van der Waals surface area contributed by atoms with Crippen LogP contribution in [0.4, 0.5) is 0 Å². The van der Waals surface area contributed by atoms with Gasteiger partial charge < -0.3 is 9.90 Å². The van der Waals surface area contributed by atoms with Crippen LogP contribution in [0.15, 0.2) is 0 Å². The fraction of sp³-hybridized carbons (Fsp3) is 0.889. The molecule has 1 N–H and O–H groups in total. The Morgan fingerprint density at radius 2 is 2.15 bits per heavy atom. The van der Waals surface area contributed by atoms with Gasteiger partial charge in [0.15, 0.2) is 0 Å². The number of hydrogen-bond acceptors (Lipinski definition) is 3. The van der Waals surface area contributed by atoms with Crippen LogP contribution in [-0.2, 0) is 9.08 Å². The van der Waals surface area contributed by atoms with Gasteiger partial charge >= 0.3 is 0 Å². The second-order valence-electron chi connectivity index (χ2n) is 3.77. The molecule has 1 aliphatic rings. The van der Waals surface area contributed by atoms with Crippen molar-refractivity contribution in [1.29, 1.82) is 0 Å². The highest BCUT2D eigenvalue weighted by Crippen LogP contribution is 2.37. The molecule has 0 amide bonds. The van der Waals surface area contributed by atoms with Crippen molar-refractivity contribution in [2.45, 2.75) is 38.2 Å². The molecule has 0 aliphatic heterocycles. The van der Waals surface area contributed by atoms with E-state index < -0.39 is 0 Å². The third-order valence-corrected chi connectivity index (χ3v) is 3.03. The highest BCUT2D eigenvalue weighted by atomic mass is 35.5. The molecule has 0 radical (unpaired) electrons. The molecule has 0 heterocycles. The van der Waals surface area contributed by atoms with Crippen molar-refractivity contribution >= 4 is 18.2 Å². The van der Waals surface area contributed by atoms with Gasteiger partial charge in [0.25, 0.3) is 0 Å². The molecule has 3 nitrogen and oxygen atoms in total. The van der Waals surface area contributed by atoms with Crippen LogP contribution in [0.2, 0.25) is 0 Å². The summed E-state index contributed by atoms with van der Waals surface area (Å²) in [5, 5.41) is 9.29. The first-order valence-corrected chi connectivity index (χ1v) is 4.91. The Morgan fingerprint density at radius 3 is 2.62 bits per heavy atom. The first-order valence-electron chi connectivity index (χ1n) is 4.60. The molecule has 0 unspecified atom stereocenters. The third kappa shape index (κ3) is 2.93. The Labute approximate surface area is 83.2 Å². The standard InChI is InChI=1S/C9H15ClO3/c10-13-6-5-9(7-11)3-1-8(12)2-4-9/h7-8,12H,1-6H2. The van der Waals surface area contributed by atoms with Gasteiger partial charge in [0, 0.05) is 5.41 Å². The number of aliphatic hydroxyl groups excluding tert-OH is 1. The largest absolute Gasteiger partial charge is 0.393 e. The number of aldehydes is 1. The lowest BCUT2D eigenvalue weighted by Crippen LogP contribution is -2.31. The minimum absolute atomic E-state index is 0.231.